The first kappa shape index (κ1) is 24.6. The van der Waals surface area contributed by atoms with E-state index >= 15 is 0 Å². The fourth-order valence-electron chi connectivity index (χ4n) is 4.79. The number of hydrogen-bond acceptors (Lipinski definition) is 5. The molecule has 3 aromatic rings. The third kappa shape index (κ3) is 5.59. The summed E-state index contributed by atoms with van der Waals surface area (Å²) >= 11 is 0. The van der Waals surface area contributed by atoms with Gasteiger partial charge in [-0.15, -0.1) is 0 Å². The number of carbonyl (C=O) groups excluding carboxylic acids is 2. The van der Waals surface area contributed by atoms with Gasteiger partial charge in [0.1, 0.15) is 5.82 Å². The van der Waals surface area contributed by atoms with Crippen LogP contribution in [0.25, 0.3) is 10.9 Å². The Hall–Kier alpha value is -3.52. The van der Waals surface area contributed by atoms with E-state index in [1.54, 1.807) is 54.1 Å². The van der Waals surface area contributed by atoms with E-state index in [4.69, 9.17) is 9.72 Å². The summed E-state index contributed by atoms with van der Waals surface area (Å²) in [5, 5.41) is 5.95. The summed E-state index contributed by atoms with van der Waals surface area (Å²) in [5.74, 6) is 1.01. The van der Waals surface area contributed by atoms with Crippen LogP contribution in [0.5, 0.6) is 0 Å². The van der Waals surface area contributed by atoms with Crippen molar-refractivity contribution in [1.82, 2.24) is 9.55 Å². The summed E-state index contributed by atoms with van der Waals surface area (Å²) < 4.78 is 7.13. The molecule has 8 nitrogen and oxygen atoms in total. The number of aromatic nitrogens is 2. The Labute approximate surface area is 204 Å². The van der Waals surface area contributed by atoms with Crippen LogP contribution in [0, 0.1) is 0 Å². The molecule has 0 bridgehead atoms. The Morgan fingerprint density at radius 3 is 2.49 bits per heavy atom. The van der Waals surface area contributed by atoms with Gasteiger partial charge >= 0.3 is 6.03 Å². The summed E-state index contributed by atoms with van der Waals surface area (Å²) in [6, 6.07) is 11.3. The lowest BCUT2D eigenvalue weighted by atomic mass is 9.88. The van der Waals surface area contributed by atoms with Crippen LogP contribution in [-0.4, -0.2) is 35.1 Å². The highest BCUT2D eigenvalue weighted by molar-refractivity contribution is 6.02. The minimum Gasteiger partial charge on any atom is -0.383 e. The van der Waals surface area contributed by atoms with Gasteiger partial charge in [-0.1, -0.05) is 31.4 Å². The van der Waals surface area contributed by atoms with Crippen molar-refractivity contribution >= 4 is 34.1 Å². The van der Waals surface area contributed by atoms with Gasteiger partial charge in [0.25, 0.3) is 5.56 Å². The molecular formula is C27H32N4O4. The number of carbonyl (C=O) groups is 2. The Morgan fingerprint density at radius 1 is 1.09 bits per heavy atom. The molecule has 2 N–H and O–H groups in total. The Morgan fingerprint density at radius 2 is 1.80 bits per heavy atom. The first-order valence-corrected chi connectivity index (χ1v) is 12.1. The summed E-state index contributed by atoms with van der Waals surface area (Å²) in [6.45, 7) is 3.85. The zero-order chi connectivity index (χ0) is 24.9. The number of anilines is 2. The van der Waals surface area contributed by atoms with Crippen LogP contribution in [-0.2, 0) is 4.74 Å². The number of urea groups is 1. The molecule has 4 rings (SSSR count). The van der Waals surface area contributed by atoms with Crippen molar-refractivity contribution in [3.05, 3.63) is 64.2 Å². The molecule has 8 heteroatoms. The first-order chi connectivity index (χ1) is 16.9. The summed E-state index contributed by atoms with van der Waals surface area (Å²) in [7, 11) is 1.63. The average molecular weight is 477 g/mol. The van der Waals surface area contributed by atoms with Gasteiger partial charge in [-0.3, -0.25) is 14.2 Å². The number of amides is 2. The van der Waals surface area contributed by atoms with Crippen molar-refractivity contribution in [2.45, 2.75) is 57.9 Å². The fourth-order valence-corrected chi connectivity index (χ4v) is 4.79. The van der Waals surface area contributed by atoms with E-state index in [0.717, 1.165) is 31.5 Å². The van der Waals surface area contributed by atoms with Crippen molar-refractivity contribution in [3.8, 4) is 0 Å². The standard InChI is InChI=1S/C27H32N4O4/c1-17(16-35-3)31-25(19-8-5-4-6-9-19)30-24-13-12-22(15-23(24)26(31)33)29-27(34)28-21-11-7-10-20(14-21)18(2)32/h7,10-15,17,19H,4-6,8-9,16H2,1-3H3,(H2,28,29,34). The van der Waals surface area contributed by atoms with Gasteiger partial charge in [0.2, 0.25) is 0 Å². The zero-order valence-corrected chi connectivity index (χ0v) is 20.5. The predicted molar refractivity (Wildman–Crippen MR) is 138 cm³/mol. The van der Waals surface area contributed by atoms with Crippen LogP contribution in [0.2, 0.25) is 0 Å². The lowest BCUT2D eigenvalue weighted by Crippen LogP contribution is -2.32. The zero-order valence-electron chi connectivity index (χ0n) is 20.5. The van der Waals surface area contributed by atoms with Gasteiger partial charge in [0.15, 0.2) is 5.78 Å². The summed E-state index contributed by atoms with van der Waals surface area (Å²) in [4.78, 5) is 42.8. The number of nitrogens with zero attached hydrogens (tertiary/aromatic N) is 2. The molecule has 0 saturated heterocycles. The van der Waals surface area contributed by atoms with Crippen LogP contribution in [0.3, 0.4) is 0 Å². The number of Topliss-reactive ketones (excluding diaryl/α,β-unsaturated/α-hetero) is 1. The summed E-state index contributed by atoms with van der Waals surface area (Å²) in [5.41, 5.74) is 1.99. The maximum Gasteiger partial charge on any atom is 0.323 e. The molecular weight excluding hydrogens is 444 g/mol. The van der Waals surface area contributed by atoms with Crippen LogP contribution in [0.15, 0.2) is 47.3 Å². The van der Waals surface area contributed by atoms with Crippen LogP contribution < -0.4 is 16.2 Å². The number of methoxy groups -OCH3 is 1. The van der Waals surface area contributed by atoms with E-state index in [0.29, 0.717) is 34.4 Å². The topological polar surface area (TPSA) is 102 Å². The molecule has 2 aromatic carbocycles. The van der Waals surface area contributed by atoms with Crippen LogP contribution >= 0.6 is 0 Å². The molecule has 0 radical (unpaired) electrons. The lowest BCUT2D eigenvalue weighted by molar-refractivity contribution is 0.101. The van der Waals surface area contributed by atoms with Crippen molar-refractivity contribution in [3.63, 3.8) is 0 Å². The minimum absolute atomic E-state index is 0.0809. The third-order valence-corrected chi connectivity index (χ3v) is 6.53. The number of ketones is 1. The maximum atomic E-state index is 13.6. The smallest absolute Gasteiger partial charge is 0.323 e. The second-order valence-electron chi connectivity index (χ2n) is 9.23. The molecule has 1 aliphatic rings. The quantitative estimate of drug-likeness (QED) is 0.439. The van der Waals surface area contributed by atoms with Gasteiger partial charge < -0.3 is 15.4 Å². The number of rotatable bonds is 7. The monoisotopic (exact) mass is 476 g/mol. The number of hydrogen-bond donors (Lipinski definition) is 2. The Bertz CT molecular complexity index is 1290. The highest BCUT2D eigenvalue weighted by Gasteiger charge is 2.24. The molecule has 1 unspecified atom stereocenters. The van der Waals surface area contributed by atoms with Gasteiger partial charge in [0.05, 0.1) is 23.6 Å². The van der Waals surface area contributed by atoms with Crippen molar-refractivity contribution < 1.29 is 14.3 Å². The predicted octanol–water partition coefficient (Wildman–Crippen LogP) is 5.50. The van der Waals surface area contributed by atoms with E-state index in [1.165, 1.54) is 13.3 Å². The van der Waals surface area contributed by atoms with Crippen molar-refractivity contribution in [2.75, 3.05) is 24.4 Å². The lowest BCUT2D eigenvalue weighted by Gasteiger charge is -2.27. The normalized spacial score (nSPS) is 15.1. The SMILES string of the molecule is COCC(C)n1c(C2CCCCC2)nc2ccc(NC(=O)Nc3cccc(C(C)=O)c3)cc2c1=O. The Kier molecular flexibility index (Phi) is 7.60. The van der Waals surface area contributed by atoms with Crippen LogP contribution in [0.4, 0.5) is 16.2 Å². The summed E-state index contributed by atoms with van der Waals surface area (Å²) in [6.07, 6.45) is 5.57. The molecule has 0 aliphatic heterocycles. The maximum absolute atomic E-state index is 13.6. The molecule has 1 fully saturated rings. The molecule has 1 aliphatic carbocycles. The third-order valence-electron chi connectivity index (χ3n) is 6.53. The highest BCUT2D eigenvalue weighted by atomic mass is 16.5. The molecule has 0 spiro atoms. The van der Waals surface area contributed by atoms with Crippen molar-refractivity contribution in [1.29, 1.82) is 0 Å². The largest absolute Gasteiger partial charge is 0.383 e. The van der Waals surface area contributed by atoms with Gasteiger partial charge in [-0.2, -0.15) is 0 Å². The molecule has 35 heavy (non-hydrogen) atoms. The van der Waals surface area contributed by atoms with E-state index < -0.39 is 6.03 Å². The fraction of sp³-hybridized carbons (Fsp3) is 0.407. The molecule has 2 amide bonds. The second-order valence-corrected chi connectivity index (χ2v) is 9.23. The molecule has 1 aromatic heterocycles. The van der Waals surface area contributed by atoms with E-state index in [-0.39, 0.29) is 23.3 Å². The molecule has 1 atom stereocenters. The number of benzene rings is 2. The Balaban J connectivity index is 1.64. The average Bonchev–Trinajstić information content (AvgIpc) is 2.85. The molecule has 184 valence electrons. The van der Waals surface area contributed by atoms with E-state index in [9.17, 15) is 14.4 Å². The van der Waals surface area contributed by atoms with Crippen molar-refractivity contribution in [2.24, 2.45) is 0 Å². The van der Waals surface area contributed by atoms with Crippen LogP contribution in [0.1, 0.15) is 74.1 Å². The highest BCUT2D eigenvalue weighted by Crippen LogP contribution is 2.33. The van der Waals surface area contributed by atoms with Gasteiger partial charge in [-0.25, -0.2) is 9.78 Å². The molecule has 1 saturated carbocycles. The minimum atomic E-state index is -0.468. The molecule has 1 heterocycles. The number of fused-ring (bicyclic) bond motifs is 1. The number of nitrogens with one attached hydrogen (secondary N) is 2. The number of ether oxygens (including phenoxy) is 1. The second kappa shape index (κ2) is 10.8. The first-order valence-electron chi connectivity index (χ1n) is 12.1. The van der Waals surface area contributed by atoms with Gasteiger partial charge in [-0.05, 0) is 57.0 Å². The van der Waals surface area contributed by atoms with E-state index in [2.05, 4.69) is 10.6 Å². The van der Waals surface area contributed by atoms with Gasteiger partial charge in [0, 0.05) is 30.0 Å². The van der Waals surface area contributed by atoms with E-state index in [1.807, 2.05) is 6.92 Å².